The van der Waals surface area contributed by atoms with Gasteiger partial charge in [0.1, 0.15) is 12.1 Å². The van der Waals surface area contributed by atoms with Crippen molar-refractivity contribution in [1.82, 2.24) is 4.98 Å². The number of hydrogen-bond donors (Lipinski definition) is 0. The molecular formula is C7H2IN3. The number of rotatable bonds is 0. The Kier molecular flexibility index (Phi) is 2.40. The summed E-state index contributed by atoms with van der Waals surface area (Å²) in [5, 5.41) is 16.9. The van der Waals surface area contributed by atoms with Crippen LogP contribution >= 0.6 is 22.6 Å². The van der Waals surface area contributed by atoms with Crippen LogP contribution in [-0.4, -0.2) is 4.98 Å². The molecule has 1 aromatic rings. The fourth-order valence-electron chi connectivity index (χ4n) is 0.581. The zero-order chi connectivity index (χ0) is 8.27. The summed E-state index contributed by atoms with van der Waals surface area (Å²) in [4.78, 5) is 3.78. The summed E-state index contributed by atoms with van der Waals surface area (Å²) in [6, 6.07) is 5.49. The molecule has 0 unspecified atom stereocenters. The van der Waals surface area contributed by atoms with Crippen LogP contribution in [0.3, 0.4) is 0 Å². The lowest BCUT2D eigenvalue weighted by atomic mass is 10.3. The molecule has 1 rings (SSSR count). The average molecular weight is 255 g/mol. The van der Waals surface area contributed by atoms with E-state index in [-0.39, 0.29) is 0 Å². The van der Waals surface area contributed by atoms with Crippen molar-refractivity contribution < 1.29 is 0 Å². The molecule has 0 saturated carbocycles. The van der Waals surface area contributed by atoms with Crippen LogP contribution < -0.4 is 0 Å². The molecule has 4 heteroatoms. The molecule has 0 fully saturated rings. The first-order valence-corrected chi connectivity index (χ1v) is 3.81. The number of pyridine rings is 1. The first-order valence-electron chi connectivity index (χ1n) is 2.73. The normalized spacial score (nSPS) is 8.27. The van der Waals surface area contributed by atoms with E-state index in [1.54, 1.807) is 6.07 Å². The molecule has 0 atom stereocenters. The Labute approximate surface area is 77.4 Å². The van der Waals surface area contributed by atoms with Gasteiger partial charge in [0.15, 0.2) is 5.69 Å². The first kappa shape index (κ1) is 7.96. The summed E-state index contributed by atoms with van der Waals surface area (Å²) in [5.74, 6) is 0. The number of aromatic nitrogens is 1. The third kappa shape index (κ3) is 1.66. The maximum absolute atomic E-state index is 8.48. The maximum atomic E-state index is 8.48. The van der Waals surface area contributed by atoms with E-state index in [9.17, 15) is 0 Å². The first-order chi connectivity index (χ1) is 5.27. The second-order valence-corrected chi connectivity index (χ2v) is 2.94. The Hall–Kier alpha value is -1.14. The van der Waals surface area contributed by atoms with Gasteiger partial charge in [0, 0.05) is 6.20 Å². The molecule has 0 saturated heterocycles. The minimum Gasteiger partial charge on any atom is -0.243 e. The van der Waals surface area contributed by atoms with E-state index in [4.69, 9.17) is 10.5 Å². The third-order valence-electron chi connectivity index (χ3n) is 1.08. The fraction of sp³-hybridized carbons (Fsp3) is 0. The standard InChI is InChI=1S/C7H2IN3/c8-6-1-5(2-9)4-11-7(6)3-10/h1,4H. The molecule has 11 heavy (non-hydrogen) atoms. The van der Waals surface area contributed by atoms with E-state index < -0.39 is 0 Å². The molecule has 3 nitrogen and oxygen atoms in total. The van der Waals surface area contributed by atoms with Gasteiger partial charge in [-0.15, -0.1) is 0 Å². The van der Waals surface area contributed by atoms with Crippen LogP contribution in [0.15, 0.2) is 12.3 Å². The highest BCUT2D eigenvalue weighted by Crippen LogP contribution is 2.09. The van der Waals surface area contributed by atoms with E-state index in [1.165, 1.54) is 6.20 Å². The van der Waals surface area contributed by atoms with Gasteiger partial charge in [0.2, 0.25) is 0 Å². The molecule has 0 amide bonds. The van der Waals surface area contributed by atoms with Gasteiger partial charge in [0.25, 0.3) is 0 Å². The molecule has 0 spiro atoms. The molecule has 0 aliphatic rings. The van der Waals surface area contributed by atoms with Crippen molar-refractivity contribution in [2.24, 2.45) is 0 Å². The van der Waals surface area contributed by atoms with Crippen LogP contribution in [-0.2, 0) is 0 Å². The Morgan fingerprint density at radius 1 is 1.36 bits per heavy atom. The average Bonchev–Trinajstić information content (AvgIpc) is 2.04. The zero-order valence-electron chi connectivity index (χ0n) is 5.37. The highest BCUT2D eigenvalue weighted by Gasteiger charge is 1.99. The van der Waals surface area contributed by atoms with Crippen LogP contribution in [0.2, 0.25) is 0 Å². The Morgan fingerprint density at radius 2 is 2.09 bits per heavy atom. The van der Waals surface area contributed by atoms with E-state index in [1.807, 2.05) is 34.7 Å². The third-order valence-corrected chi connectivity index (χ3v) is 1.90. The van der Waals surface area contributed by atoms with Crippen molar-refractivity contribution in [3.63, 3.8) is 0 Å². The molecule has 0 radical (unpaired) electrons. The smallest absolute Gasteiger partial charge is 0.153 e. The van der Waals surface area contributed by atoms with E-state index in [2.05, 4.69) is 4.98 Å². The molecule has 0 aliphatic carbocycles. The van der Waals surface area contributed by atoms with Crippen molar-refractivity contribution in [1.29, 1.82) is 10.5 Å². The molecule has 0 bridgehead atoms. The highest BCUT2D eigenvalue weighted by molar-refractivity contribution is 14.1. The van der Waals surface area contributed by atoms with E-state index in [0.29, 0.717) is 14.8 Å². The van der Waals surface area contributed by atoms with Crippen molar-refractivity contribution >= 4 is 22.6 Å². The lowest BCUT2D eigenvalue weighted by Crippen LogP contribution is -1.88. The topological polar surface area (TPSA) is 60.5 Å². The van der Waals surface area contributed by atoms with Gasteiger partial charge in [-0.1, -0.05) is 0 Å². The second-order valence-electron chi connectivity index (χ2n) is 1.78. The molecule has 0 N–H and O–H groups in total. The molecule has 0 aliphatic heterocycles. The summed E-state index contributed by atoms with van der Waals surface area (Å²) in [5.41, 5.74) is 0.845. The van der Waals surface area contributed by atoms with E-state index in [0.717, 1.165) is 0 Å². The summed E-state index contributed by atoms with van der Waals surface area (Å²) in [6.07, 6.45) is 1.39. The minimum absolute atomic E-state index is 0.365. The predicted molar refractivity (Wildman–Crippen MR) is 46.4 cm³/mol. The second kappa shape index (κ2) is 3.31. The molecule has 1 aromatic heterocycles. The van der Waals surface area contributed by atoms with Gasteiger partial charge >= 0.3 is 0 Å². The van der Waals surface area contributed by atoms with Gasteiger partial charge in [-0.25, -0.2) is 4.98 Å². The molecule has 1 heterocycles. The Bertz CT molecular complexity index is 359. The summed E-state index contributed by atoms with van der Waals surface area (Å²) < 4.78 is 0.712. The summed E-state index contributed by atoms with van der Waals surface area (Å²) in [6.45, 7) is 0. The van der Waals surface area contributed by atoms with Crippen molar-refractivity contribution in [2.75, 3.05) is 0 Å². The SMILES string of the molecule is N#Cc1cnc(C#N)c(I)c1. The zero-order valence-corrected chi connectivity index (χ0v) is 7.53. The van der Waals surface area contributed by atoms with Crippen molar-refractivity contribution in [3.8, 4) is 12.1 Å². The lowest BCUT2D eigenvalue weighted by Gasteiger charge is -1.92. The summed E-state index contributed by atoms with van der Waals surface area (Å²) in [7, 11) is 0. The van der Waals surface area contributed by atoms with Crippen LogP contribution in [0.1, 0.15) is 11.3 Å². The quantitative estimate of drug-likeness (QED) is 0.659. The van der Waals surface area contributed by atoms with E-state index >= 15 is 0 Å². The van der Waals surface area contributed by atoms with Crippen molar-refractivity contribution in [2.45, 2.75) is 0 Å². The molecular weight excluding hydrogens is 253 g/mol. The van der Waals surface area contributed by atoms with Gasteiger partial charge in [-0.2, -0.15) is 10.5 Å². The largest absolute Gasteiger partial charge is 0.243 e. The number of hydrogen-bond acceptors (Lipinski definition) is 3. The molecule has 52 valence electrons. The van der Waals surface area contributed by atoms with Crippen LogP contribution in [0.4, 0.5) is 0 Å². The van der Waals surface area contributed by atoms with Crippen LogP contribution in [0, 0.1) is 26.2 Å². The highest BCUT2D eigenvalue weighted by atomic mass is 127. The monoisotopic (exact) mass is 255 g/mol. The van der Waals surface area contributed by atoms with Crippen LogP contribution in [0.5, 0.6) is 0 Å². The minimum atomic E-state index is 0.365. The fourth-order valence-corrected chi connectivity index (χ4v) is 1.18. The Morgan fingerprint density at radius 3 is 2.55 bits per heavy atom. The van der Waals surface area contributed by atoms with Crippen molar-refractivity contribution in [3.05, 3.63) is 27.1 Å². The maximum Gasteiger partial charge on any atom is 0.153 e. The number of halogens is 1. The van der Waals surface area contributed by atoms with Gasteiger partial charge < -0.3 is 0 Å². The lowest BCUT2D eigenvalue weighted by molar-refractivity contribution is 1.23. The van der Waals surface area contributed by atoms with Gasteiger partial charge in [0.05, 0.1) is 9.13 Å². The number of nitriles is 2. The van der Waals surface area contributed by atoms with Gasteiger partial charge in [-0.05, 0) is 28.7 Å². The van der Waals surface area contributed by atoms with Crippen LogP contribution in [0.25, 0.3) is 0 Å². The summed E-state index contributed by atoms with van der Waals surface area (Å²) >= 11 is 1.97. The molecule has 0 aromatic carbocycles. The predicted octanol–water partition coefficient (Wildman–Crippen LogP) is 1.43. The number of nitrogens with zero attached hydrogens (tertiary/aromatic N) is 3. The Balaban J connectivity index is 3.25. The van der Waals surface area contributed by atoms with Gasteiger partial charge in [-0.3, -0.25) is 0 Å².